The van der Waals surface area contributed by atoms with Crippen LogP contribution in [0.2, 0.25) is 0 Å². The van der Waals surface area contributed by atoms with Crippen LogP contribution in [-0.2, 0) is 4.79 Å². The number of carbonyl (C=O) groups excluding carboxylic acids is 1. The lowest BCUT2D eigenvalue weighted by Gasteiger charge is -2.39. The molecule has 0 aromatic carbocycles. The third-order valence-corrected chi connectivity index (χ3v) is 3.86. The van der Waals surface area contributed by atoms with Crippen molar-refractivity contribution in [2.45, 2.75) is 47.0 Å². The Labute approximate surface area is 99.6 Å². The highest BCUT2D eigenvalue weighted by Crippen LogP contribution is 2.42. The Morgan fingerprint density at radius 2 is 2.12 bits per heavy atom. The number of hydrogen-bond acceptors (Lipinski definition) is 1. The molecular weight excluding hydrogens is 196 g/mol. The summed E-state index contributed by atoms with van der Waals surface area (Å²) in [6, 6.07) is 0. The molecule has 90 valence electrons. The van der Waals surface area contributed by atoms with Crippen molar-refractivity contribution >= 4 is 5.78 Å². The summed E-state index contributed by atoms with van der Waals surface area (Å²) in [4.78, 5) is 11.6. The quantitative estimate of drug-likeness (QED) is 0.514. The van der Waals surface area contributed by atoms with Gasteiger partial charge in [0.25, 0.3) is 0 Å². The lowest BCUT2D eigenvalue weighted by molar-refractivity contribution is -0.116. The Morgan fingerprint density at radius 1 is 1.50 bits per heavy atom. The zero-order valence-corrected chi connectivity index (χ0v) is 11.0. The zero-order valence-electron chi connectivity index (χ0n) is 11.0. The number of hydrogen-bond donors (Lipinski definition) is 0. The van der Waals surface area contributed by atoms with Gasteiger partial charge in [-0.15, -0.1) is 0 Å². The third kappa shape index (κ3) is 3.07. The number of Topliss-reactive ketones (excluding diaryl/α,β-unsaturated/α-hetero) is 1. The van der Waals surface area contributed by atoms with E-state index in [9.17, 15) is 4.79 Å². The van der Waals surface area contributed by atoms with Gasteiger partial charge in [-0.25, -0.2) is 0 Å². The van der Waals surface area contributed by atoms with E-state index in [1.165, 1.54) is 0 Å². The van der Waals surface area contributed by atoms with Crippen LogP contribution in [0.4, 0.5) is 0 Å². The van der Waals surface area contributed by atoms with Crippen molar-refractivity contribution in [2.75, 3.05) is 0 Å². The summed E-state index contributed by atoms with van der Waals surface area (Å²) in [7, 11) is 0. The largest absolute Gasteiger partial charge is 0.295 e. The first kappa shape index (κ1) is 13.2. The van der Waals surface area contributed by atoms with Gasteiger partial charge >= 0.3 is 0 Å². The molecule has 0 aliphatic heterocycles. The average Bonchev–Trinajstić information content (AvgIpc) is 2.15. The van der Waals surface area contributed by atoms with Crippen LogP contribution >= 0.6 is 0 Å². The highest BCUT2D eigenvalue weighted by Gasteiger charge is 2.33. The smallest absolute Gasteiger partial charge is 0.157 e. The molecule has 2 unspecified atom stereocenters. The Kier molecular flexibility index (Phi) is 4.12. The lowest BCUT2D eigenvalue weighted by atomic mass is 9.66. The molecule has 0 saturated heterocycles. The summed E-state index contributed by atoms with van der Waals surface area (Å²) in [6.07, 6.45) is 7.38. The SMILES string of the molecule is C=C(C)C(=O)CCC1C(C)CC=CC1(C)C. The van der Waals surface area contributed by atoms with Crippen LogP contribution in [0, 0.1) is 17.3 Å². The molecule has 1 heteroatoms. The lowest BCUT2D eigenvalue weighted by Crippen LogP contribution is -2.31. The van der Waals surface area contributed by atoms with E-state index >= 15 is 0 Å². The molecule has 2 atom stereocenters. The number of rotatable bonds is 4. The predicted molar refractivity (Wildman–Crippen MR) is 69.2 cm³/mol. The zero-order chi connectivity index (χ0) is 12.3. The second-order valence-electron chi connectivity index (χ2n) is 5.79. The predicted octanol–water partition coefficient (Wildman–Crippen LogP) is 4.15. The van der Waals surface area contributed by atoms with Crippen LogP contribution in [0.1, 0.15) is 47.0 Å². The molecule has 0 aromatic heterocycles. The maximum Gasteiger partial charge on any atom is 0.157 e. The summed E-state index contributed by atoms with van der Waals surface area (Å²) in [5.41, 5.74) is 0.921. The monoisotopic (exact) mass is 220 g/mol. The molecule has 0 spiro atoms. The van der Waals surface area contributed by atoms with E-state index in [0.29, 0.717) is 23.8 Å². The van der Waals surface area contributed by atoms with Gasteiger partial charge in [0.1, 0.15) is 0 Å². The molecule has 0 saturated carbocycles. The summed E-state index contributed by atoms with van der Waals surface area (Å²) >= 11 is 0. The molecule has 0 aromatic rings. The van der Waals surface area contributed by atoms with E-state index in [0.717, 1.165) is 12.8 Å². The first-order chi connectivity index (χ1) is 7.34. The maximum atomic E-state index is 11.6. The Hall–Kier alpha value is -0.850. The Balaban J connectivity index is 2.61. The molecule has 0 N–H and O–H groups in total. The minimum Gasteiger partial charge on any atom is -0.295 e. The van der Waals surface area contributed by atoms with Crippen molar-refractivity contribution in [1.82, 2.24) is 0 Å². The Bertz CT molecular complexity index is 309. The van der Waals surface area contributed by atoms with Crippen LogP contribution in [0.3, 0.4) is 0 Å². The number of allylic oxidation sites excluding steroid dienone is 3. The highest BCUT2D eigenvalue weighted by molar-refractivity contribution is 5.94. The van der Waals surface area contributed by atoms with Gasteiger partial charge in [-0.05, 0) is 42.6 Å². The number of carbonyl (C=O) groups is 1. The third-order valence-electron chi connectivity index (χ3n) is 3.86. The second kappa shape index (κ2) is 4.99. The average molecular weight is 220 g/mol. The minimum atomic E-state index is 0.220. The summed E-state index contributed by atoms with van der Waals surface area (Å²) in [5.74, 6) is 1.51. The molecule has 0 fully saturated rings. The topological polar surface area (TPSA) is 17.1 Å². The van der Waals surface area contributed by atoms with Crippen molar-refractivity contribution < 1.29 is 4.79 Å². The molecule has 1 aliphatic carbocycles. The molecule has 1 rings (SSSR count). The Morgan fingerprint density at radius 3 is 2.62 bits per heavy atom. The van der Waals surface area contributed by atoms with E-state index in [4.69, 9.17) is 0 Å². The van der Waals surface area contributed by atoms with Crippen molar-refractivity contribution in [2.24, 2.45) is 17.3 Å². The summed E-state index contributed by atoms with van der Waals surface area (Å²) in [5, 5.41) is 0. The molecule has 0 heterocycles. The van der Waals surface area contributed by atoms with E-state index in [2.05, 4.69) is 39.5 Å². The molecule has 1 nitrogen and oxygen atoms in total. The van der Waals surface area contributed by atoms with Crippen LogP contribution in [-0.4, -0.2) is 5.78 Å². The van der Waals surface area contributed by atoms with E-state index in [1.807, 2.05) is 0 Å². The van der Waals surface area contributed by atoms with Crippen molar-refractivity contribution in [3.63, 3.8) is 0 Å². The van der Waals surface area contributed by atoms with E-state index in [1.54, 1.807) is 6.92 Å². The molecule has 0 radical (unpaired) electrons. The van der Waals surface area contributed by atoms with Gasteiger partial charge in [0.2, 0.25) is 0 Å². The van der Waals surface area contributed by atoms with Crippen LogP contribution < -0.4 is 0 Å². The second-order valence-corrected chi connectivity index (χ2v) is 5.79. The fourth-order valence-electron chi connectivity index (χ4n) is 2.76. The van der Waals surface area contributed by atoms with Crippen molar-refractivity contribution in [1.29, 1.82) is 0 Å². The van der Waals surface area contributed by atoms with Crippen LogP contribution in [0.15, 0.2) is 24.3 Å². The fraction of sp³-hybridized carbons (Fsp3) is 0.667. The fourth-order valence-corrected chi connectivity index (χ4v) is 2.76. The molecule has 1 aliphatic rings. The van der Waals surface area contributed by atoms with Gasteiger partial charge in [0.15, 0.2) is 5.78 Å². The maximum absolute atomic E-state index is 11.6. The van der Waals surface area contributed by atoms with Gasteiger partial charge in [0, 0.05) is 6.42 Å². The highest BCUT2D eigenvalue weighted by atomic mass is 16.1. The minimum absolute atomic E-state index is 0.220. The summed E-state index contributed by atoms with van der Waals surface area (Å²) < 4.78 is 0. The first-order valence-corrected chi connectivity index (χ1v) is 6.21. The van der Waals surface area contributed by atoms with Gasteiger partial charge < -0.3 is 0 Å². The molecular formula is C15H24O. The first-order valence-electron chi connectivity index (χ1n) is 6.21. The van der Waals surface area contributed by atoms with Crippen molar-refractivity contribution in [3.8, 4) is 0 Å². The van der Waals surface area contributed by atoms with Gasteiger partial charge in [-0.2, -0.15) is 0 Å². The molecule has 0 amide bonds. The van der Waals surface area contributed by atoms with Crippen LogP contribution in [0.5, 0.6) is 0 Å². The van der Waals surface area contributed by atoms with E-state index in [-0.39, 0.29) is 11.2 Å². The summed E-state index contributed by atoms with van der Waals surface area (Å²) in [6.45, 7) is 12.4. The normalized spacial score (nSPS) is 27.8. The van der Waals surface area contributed by atoms with Crippen LogP contribution in [0.25, 0.3) is 0 Å². The van der Waals surface area contributed by atoms with Gasteiger partial charge in [-0.3, -0.25) is 4.79 Å². The van der Waals surface area contributed by atoms with Crippen molar-refractivity contribution in [3.05, 3.63) is 24.3 Å². The standard InChI is InChI=1S/C15H24O/c1-11(2)14(16)9-8-13-12(3)7-6-10-15(13,4)5/h6,10,12-13H,1,7-9H2,2-5H3. The van der Waals surface area contributed by atoms with Gasteiger partial charge in [0.05, 0.1) is 0 Å². The number of ketones is 1. The molecule has 0 bridgehead atoms. The van der Waals surface area contributed by atoms with E-state index < -0.39 is 0 Å². The van der Waals surface area contributed by atoms with Gasteiger partial charge in [-0.1, -0.05) is 39.5 Å². The molecule has 16 heavy (non-hydrogen) atoms.